The second kappa shape index (κ2) is 7.55. The van der Waals surface area contributed by atoms with Gasteiger partial charge >= 0.3 is 6.18 Å². The summed E-state index contributed by atoms with van der Waals surface area (Å²) >= 11 is 11.6. The van der Waals surface area contributed by atoms with Crippen molar-refractivity contribution in [3.05, 3.63) is 58.1 Å². The van der Waals surface area contributed by atoms with Gasteiger partial charge in [-0.25, -0.2) is 0 Å². The van der Waals surface area contributed by atoms with E-state index >= 15 is 0 Å². The Bertz CT molecular complexity index is 797. The number of carbonyl (C=O) groups is 1. The Morgan fingerprint density at radius 2 is 1.83 bits per heavy atom. The van der Waals surface area contributed by atoms with Gasteiger partial charge in [0.25, 0.3) is 0 Å². The summed E-state index contributed by atoms with van der Waals surface area (Å²) in [5.74, 6) is -1.14. The van der Waals surface area contributed by atoms with Gasteiger partial charge in [0.1, 0.15) is 5.75 Å². The molecule has 0 aromatic heterocycles. The summed E-state index contributed by atoms with van der Waals surface area (Å²) in [6.07, 6.45) is -4.54. The molecule has 0 saturated heterocycles. The van der Waals surface area contributed by atoms with Gasteiger partial charge in [0.2, 0.25) is 5.91 Å². The minimum Gasteiger partial charge on any atom is -0.324 e. The number of rotatable bonds is 4. The molecular weight excluding hydrogens is 386 g/mol. The molecule has 0 fully saturated rings. The first kappa shape index (κ1) is 18.8. The fourth-order valence-electron chi connectivity index (χ4n) is 1.79. The first-order chi connectivity index (χ1) is 11.2. The molecule has 0 aliphatic rings. The molecule has 24 heavy (non-hydrogen) atoms. The number of anilines is 1. The van der Waals surface area contributed by atoms with Gasteiger partial charge < -0.3 is 5.32 Å². The van der Waals surface area contributed by atoms with Crippen molar-refractivity contribution >= 4 is 45.6 Å². The molecule has 0 spiro atoms. The number of hydrogen-bond acceptors (Lipinski definition) is 2. The van der Waals surface area contributed by atoms with Gasteiger partial charge in [0, 0.05) is 9.92 Å². The van der Waals surface area contributed by atoms with E-state index in [1.165, 1.54) is 24.3 Å². The van der Waals surface area contributed by atoms with Gasteiger partial charge in [-0.05, 0) is 36.4 Å². The Labute approximate surface area is 148 Å². The Hall–Kier alpha value is -1.57. The topological polar surface area (TPSA) is 46.2 Å². The molecule has 2 rings (SSSR count). The standard InChI is InChI=1S/C15H10Cl2F3NO2S/c16-10-4-5-13(12(17)7-10)21-14(22)8-24(23)11-3-1-2-9(6-11)15(18,19)20/h1-7H,8H2,(H,21,22)/t24-/m0/s1. The van der Waals surface area contributed by atoms with E-state index in [9.17, 15) is 22.2 Å². The van der Waals surface area contributed by atoms with Crippen LogP contribution >= 0.6 is 23.2 Å². The van der Waals surface area contributed by atoms with Gasteiger partial charge in [-0.2, -0.15) is 13.2 Å². The molecule has 0 unspecified atom stereocenters. The first-order valence-electron chi connectivity index (χ1n) is 6.47. The molecule has 9 heteroatoms. The van der Waals surface area contributed by atoms with Crippen molar-refractivity contribution in [3.63, 3.8) is 0 Å². The molecule has 1 atom stereocenters. The van der Waals surface area contributed by atoms with Crippen molar-refractivity contribution in [1.29, 1.82) is 0 Å². The van der Waals surface area contributed by atoms with E-state index < -0.39 is 34.2 Å². The molecule has 1 N–H and O–H groups in total. The SMILES string of the molecule is O=C(C[S@](=O)c1cccc(C(F)(F)F)c1)Nc1ccc(Cl)cc1Cl. The molecule has 0 aliphatic heterocycles. The molecule has 128 valence electrons. The van der Waals surface area contributed by atoms with E-state index in [0.717, 1.165) is 18.2 Å². The summed E-state index contributed by atoms with van der Waals surface area (Å²) in [6.45, 7) is 0. The van der Waals surface area contributed by atoms with Crippen molar-refractivity contribution in [3.8, 4) is 0 Å². The largest absolute Gasteiger partial charge is 0.416 e. The maximum Gasteiger partial charge on any atom is 0.416 e. The molecule has 0 aliphatic carbocycles. The number of halogens is 5. The Balaban J connectivity index is 2.08. The van der Waals surface area contributed by atoms with E-state index in [4.69, 9.17) is 23.2 Å². The van der Waals surface area contributed by atoms with Crippen molar-refractivity contribution < 1.29 is 22.2 Å². The summed E-state index contributed by atoms with van der Waals surface area (Å²) in [4.78, 5) is 11.8. The summed E-state index contributed by atoms with van der Waals surface area (Å²) in [7, 11) is -1.92. The average Bonchev–Trinajstić information content (AvgIpc) is 2.49. The molecule has 2 aromatic carbocycles. The van der Waals surface area contributed by atoms with Crippen LogP contribution in [0.1, 0.15) is 5.56 Å². The van der Waals surface area contributed by atoms with Crippen LogP contribution in [0, 0.1) is 0 Å². The second-order valence-electron chi connectivity index (χ2n) is 4.69. The Kier molecular flexibility index (Phi) is 5.90. The molecule has 0 saturated carbocycles. The van der Waals surface area contributed by atoms with Crippen LogP contribution in [0.25, 0.3) is 0 Å². The van der Waals surface area contributed by atoms with Gasteiger partial charge in [-0.3, -0.25) is 9.00 Å². The number of hydrogen-bond donors (Lipinski definition) is 1. The van der Waals surface area contributed by atoms with Crippen LogP contribution in [0.15, 0.2) is 47.4 Å². The number of alkyl halides is 3. The van der Waals surface area contributed by atoms with Crippen LogP contribution in [0.3, 0.4) is 0 Å². The van der Waals surface area contributed by atoms with Crippen LogP contribution in [0.5, 0.6) is 0 Å². The maximum atomic E-state index is 12.7. The molecule has 0 heterocycles. The highest BCUT2D eigenvalue weighted by Crippen LogP contribution is 2.30. The smallest absolute Gasteiger partial charge is 0.324 e. The Morgan fingerprint density at radius 3 is 2.46 bits per heavy atom. The monoisotopic (exact) mass is 395 g/mol. The van der Waals surface area contributed by atoms with Crippen molar-refractivity contribution in [2.75, 3.05) is 11.1 Å². The quantitative estimate of drug-likeness (QED) is 0.810. The normalized spacial score (nSPS) is 12.7. The van der Waals surface area contributed by atoms with Crippen LogP contribution in [0.2, 0.25) is 10.0 Å². The fourth-order valence-corrected chi connectivity index (χ4v) is 3.22. The molecule has 2 aromatic rings. The van der Waals surface area contributed by atoms with Crippen molar-refractivity contribution in [2.45, 2.75) is 11.1 Å². The van der Waals surface area contributed by atoms with Gasteiger partial charge in [-0.15, -0.1) is 0 Å². The molecule has 1 amide bonds. The van der Waals surface area contributed by atoms with E-state index in [0.29, 0.717) is 5.02 Å². The maximum absolute atomic E-state index is 12.7. The van der Waals surface area contributed by atoms with E-state index in [2.05, 4.69) is 5.32 Å². The third-order valence-corrected chi connectivity index (χ3v) is 4.74. The summed E-state index contributed by atoms with van der Waals surface area (Å²) in [5, 5.41) is 3.01. The fraction of sp³-hybridized carbons (Fsp3) is 0.133. The molecule has 3 nitrogen and oxygen atoms in total. The zero-order valence-corrected chi connectivity index (χ0v) is 14.2. The lowest BCUT2D eigenvalue weighted by Crippen LogP contribution is -2.20. The van der Waals surface area contributed by atoms with Gasteiger partial charge in [0.05, 0.1) is 27.1 Å². The lowest BCUT2D eigenvalue weighted by Gasteiger charge is -2.09. The van der Waals surface area contributed by atoms with Crippen LogP contribution < -0.4 is 5.32 Å². The van der Waals surface area contributed by atoms with Gasteiger partial charge in [-0.1, -0.05) is 29.3 Å². The lowest BCUT2D eigenvalue weighted by molar-refractivity contribution is -0.137. The summed E-state index contributed by atoms with van der Waals surface area (Å²) < 4.78 is 50.1. The minimum atomic E-state index is -4.54. The number of amides is 1. The molecule has 0 bridgehead atoms. The molecular formula is C15H10Cl2F3NO2S. The Morgan fingerprint density at radius 1 is 1.12 bits per heavy atom. The highest BCUT2D eigenvalue weighted by atomic mass is 35.5. The van der Waals surface area contributed by atoms with Gasteiger partial charge in [0.15, 0.2) is 0 Å². The predicted octanol–water partition coefficient (Wildman–Crippen LogP) is 4.76. The van der Waals surface area contributed by atoms with E-state index in [-0.39, 0.29) is 15.6 Å². The van der Waals surface area contributed by atoms with Crippen molar-refractivity contribution in [2.24, 2.45) is 0 Å². The third-order valence-electron chi connectivity index (χ3n) is 2.89. The first-order valence-corrected chi connectivity index (χ1v) is 8.55. The number of benzene rings is 2. The van der Waals surface area contributed by atoms with E-state index in [1.807, 2.05) is 0 Å². The van der Waals surface area contributed by atoms with Crippen LogP contribution in [0.4, 0.5) is 18.9 Å². The zero-order valence-electron chi connectivity index (χ0n) is 11.9. The lowest BCUT2D eigenvalue weighted by atomic mass is 10.2. The zero-order chi connectivity index (χ0) is 17.9. The van der Waals surface area contributed by atoms with Crippen LogP contribution in [-0.4, -0.2) is 15.9 Å². The van der Waals surface area contributed by atoms with Crippen LogP contribution in [-0.2, 0) is 21.8 Å². The van der Waals surface area contributed by atoms with E-state index in [1.54, 1.807) is 0 Å². The summed E-state index contributed by atoms with van der Waals surface area (Å²) in [6, 6.07) is 8.44. The molecule has 0 radical (unpaired) electrons. The highest BCUT2D eigenvalue weighted by molar-refractivity contribution is 7.85. The highest BCUT2D eigenvalue weighted by Gasteiger charge is 2.30. The average molecular weight is 396 g/mol. The minimum absolute atomic E-state index is 0.0813. The summed E-state index contributed by atoms with van der Waals surface area (Å²) in [5.41, 5.74) is -0.651. The number of nitrogens with one attached hydrogen (secondary N) is 1. The number of carbonyl (C=O) groups excluding carboxylic acids is 1. The third kappa shape index (κ3) is 4.96. The predicted molar refractivity (Wildman–Crippen MR) is 87.8 cm³/mol. The second-order valence-corrected chi connectivity index (χ2v) is 6.98. The van der Waals surface area contributed by atoms with Crippen molar-refractivity contribution in [1.82, 2.24) is 0 Å².